The minimum Gasteiger partial charge on any atom is -0.497 e. The molecule has 0 bridgehead atoms. The van der Waals surface area contributed by atoms with Gasteiger partial charge in [-0.25, -0.2) is 4.99 Å². The third-order valence-corrected chi connectivity index (χ3v) is 8.01. The van der Waals surface area contributed by atoms with Crippen molar-refractivity contribution in [3.05, 3.63) is 82.5 Å². The molecule has 1 aromatic heterocycles. The zero-order valence-corrected chi connectivity index (χ0v) is 25.2. The molecule has 2 aromatic carbocycles. The maximum absolute atomic E-state index is 14.2. The van der Waals surface area contributed by atoms with Gasteiger partial charge in [-0.05, 0) is 45.0 Å². The number of nitrogens with zero attached hydrogens (tertiary/aromatic N) is 4. The van der Waals surface area contributed by atoms with Gasteiger partial charge in [-0.3, -0.25) is 24.3 Å². The van der Waals surface area contributed by atoms with Gasteiger partial charge in [0.05, 0.1) is 55.2 Å². The Morgan fingerprint density at radius 1 is 1.07 bits per heavy atom. The van der Waals surface area contributed by atoms with Crippen LogP contribution in [0.3, 0.4) is 0 Å². The van der Waals surface area contributed by atoms with E-state index in [-0.39, 0.29) is 33.2 Å². The quantitative estimate of drug-likeness (QED) is 0.258. The van der Waals surface area contributed by atoms with E-state index in [4.69, 9.17) is 18.9 Å². The zero-order chi connectivity index (χ0) is 30.7. The number of rotatable bonds is 10. The van der Waals surface area contributed by atoms with E-state index in [1.54, 1.807) is 30.0 Å². The normalized spacial score (nSPS) is 14.6. The van der Waals surface area contributed by atoms with Crippen LogP contribution in [-0.2, 0) is 4.79 Å². The van der Waals surface area contributed by atoms with Crippen LogP contribution in [0.15, 0.2) is 51.4 Å². The highest BCUT2D eigenvalue weighted by Gasteiger charge is 2.36. The molecular formula is C29H32N4O8S. The van der Waals surface area contributed by atoms with Crippen LogP contribution in [0, 0.1) is 10.1 Å². The van der Waals surface area contributed by atoms with Gasteiger partial charge in [-0.15, -0.1) is 0 Å². The average Bonchev–Trinajstić information content (AvgIpc) is 3.29. The van der Waals surface area contributed by atoms with Gasteiger partial charge in [0.15, 0.2) is 16.3 Å². The Morgan fingerprint density at radius 3 is 2.33 bits per heavy atom. The lowest BCUT2D eigenvalue weighted by atomic mass is 9.93. The van der Waals surface area contributed by atoms with Crippen LogP contribution >= 0.6 is 11.3 Å². The number of methoxy groups -OCH3 is 4. The van der Waals surface area contributed by atoms with Crippen molar-refractivity contribution in [1.29, 1.82) is 0 Å². The lowest BCUT2D eigenvalue weighted by Gasteiger charge is -2.30. The topological polar surface area (TPSA) is 135 Å². The fourth-order valence-corrected chi connectivity index (χ4v) is 5.99. The van der Waals surface area contributed by atoms with Gasteiger partial charge in [0.2, 0.25) is 0 Å². The number of aromatic nitrogens is 1. The van der Waals surface area contributed by atoms with Crippen molar-refractivity contribution in [3.63, 3.8) is 0 Å². The molecule has 1 amide bonds. The third kappa shape index (κ3) is 5.34. The van der Waals surface area contributed by atoms with E-state index >= 15 is 0 Å². The third-order valence-electron chi connectivity index (χ3n) is 7.02. The van der Waals surface area contributed by atoms with Crippen molar-refractivity contribution < 1.29 is 28.7 Å². The van der Waals surface area contributed by atoms with E-state index in [1.165, 1.54) is 51.2 Å². The molecule has 0 saturated carbocycles. The molecule has 0 fully saturated rings. The largest absolute Gasteiger partial charge is 0.497 e. The minimum atomic E-state index is -0.886. The van der Waals surface area contributed by atoms with Gasteiger partial charge in [-0.1, -0.05) is 11.3 Å². The second kappa shape index (κ2) is 12.5. The number of hydrogen-bond acceptors (Lipinski definition) is 10. The first-order chi connectivity index (χ1) is 20.1. The summed E-state index contributed by atoms with van der Waals surface area (Å²) in [5.74, 6) is 1.10. The zero-order valence-electron chi connectivity index (χ0n) is 24.4. The van der Waals surface area contributed by atoms with E-state index in [9.17, 15) is 19.7 Å². The fourth-order valence-electron chi connectivity index (χ4n) is 4.96. The SMILES string of the molecule is CCN(CC)C(=O)C1=C(C)N=c2s/c(=C\c3cc([N+](=O)[O-])cc(OC)c3OC)c(=O)n2[C@H]1c1cc(OC)ccc1OC. The predicted molar refractivity (Wildman–Crippen MR) is 157 cm³/mol. The smallest absolute Gasteiger partial charge is 0.274 e. The number of carbonyl (C=O) groups excluding carboxylic acids is 1. The summed E-state index contributed by atoms with van der Waals surface area (Å²) < 4.78 is 23.6. The van der Waals surface area contributed by atoms with Crippen LogP contribution in [0.5, 0.6) is 23.0 Å². The number of nitro groups is 1. The van der Waals surface area contributed by atoms with Crippen molar-refractivity contribution in [2.45, 2.75) is 26.8 Å². The lowest BCUT2D eigenvalue weighted by Crippen LogP contribution is -2.43. The monoisotopic (exact) mass is 596 g/mol. The van der Waals surface area contributed by atoms with Gasteiger partial charge >= 0.3 is 0 Å². The van der Waals surface area contributed by atoms with Gasteiger partial charge in [0.25, 0.3) is 17.2 Å². The number of allylic oxidation sites excluding steroid dienone is 1. The van der Waals surface area contributed by atoms with E-state index < -0.39 is 16.5 Å². The summed E-state index contributed by atoms with van der Waals surface area (Å²) in [6, 6.07) is 6.87. The average molecular weight is 597 g/mol. The van der Waals surface area contributed by atoms with Crippen molar-refractivity contribution in [3.8, 4) is 23.0 Å². The molecule has 222 valence electrons. The Morgan fingerprint density at radius 2 is 1.76 bits per heavy atom. The Kier molecular flexibility index (Phi) is 9.00. The van der Waals surface area contributed by atoms with Crippen LogP contribution in [0.1, 0.15) is 37.9 Å². The lowest BCUT2D eigenvalue weighted by molar-refractivity contribution is -0.385. The number of carbonyl (C=O) groups is 1. The van der Waals surface area contributed by atoms with Gasteiger partial charge < -0.3 is 23.8 Å². The number of nitro benzene ring substituents is 1. The number of likely N-dealkylation sites (N-methyl/N-ethyl adjacent to an activating group) is 1. The first kappa shape index (κ1) is 30.3. The maximum atomic E-state index is 14.2. The molecule has 0 saturated heterocycles. The molecule has 4 rings (SSSR count). The molecule has 0 unspecified atom stereocenters. The molecule has 13 heteroatoms. The van der Waals surface area contributed by atoms with Gasteiger partial charge in [0, 0.05) is 30.3 Å². The van der Waals surface area contributed by atoms with Crippen LogP contribution in [0.25, 0.3) is 6.08 Å². The summed E-state index contributed by atoms with van der Waals surface area (Å²) >= 11 is 1.09. The Labute approximate surface area is 245 Å². The van der Waals surface area contributed by atoms with E-state index in [1.807, 2.05) is 13.8 Å². The Bertz CT molecular complexity index is 1750. The number of non-ortho nitro benzene ring substituents is 1. The molecule has 2 heterocycles. The summed E-state index contributed by atoms with van der Waals surface area (Å²) in [6.45, 7) is 6.43. The van der Waals surface area contributed by atoms with Crippen LogP contribution in [-0.4, -0.2) is 61.8 Å². The second-order valence-electron chi connectivity index (χ2n) is 9.19. The number of benzene rings is 2. The summed E-state index contributed by atoms with van der Waals surface area (Å²) in [4.78, 5) is 45.8. The molecule has 12 nitrogen and oxygen atoms in total. The predicted octanol–water partition coefficient (Wildman–Crippen LogP) is 3.05. The van der Waals surface area contributed by atoms with E-state index in [2.05, 4.69) is 4.99 Å². The molecule has 0 radical (unpaired) electrons. The molecule has 3 aromatic rings. The molecule has 1 aliphatic rings. The van der Waals surface area contributed by atoms with E-state index in [0.717, 1.165) is 11.3 Å². The summed E-state index contributed by atoms with van der Waals surface area (Å²) in [5.41, 5.74) is 0.943. The van der Waals surface area contributed by atoms with Crippen molar-refractivity contribution in [2.24, 2.45) is 4.99 Å². The first-order valence-corrected chi connectivity index (χ1v) is 13.9. The van der Waals surface area contributed by atoms with Crippen molar-refractivity contribution >= 4 is 29.0 Å². The van der Waals surface area contributed by atoms with Crippen LogP contribution in [0.2, 0.25) is 0 Å². The van der Waals surface area contributed by atoms with Gasteiger partial charge in [0.1, 0.15) is 17.5 Å². The molecule has 42 heavy (non-hydrogen) atoms. The number of fused-ring (bicyclic) bond motifs is 1. The van der Waals surface area contributed by atoms with E-state index in [0.29, 0.717) is 46.2 Å². The fraction of sp³-hybridized carbons (Fsp3) is 0.345. The first-order valence-electron chi connectivity index (χ1n) is 13.1. The van der Waals surface area contributed by atoms with Crippen LogP contribution in [0.4, 0.5) is 5.69 Å². The summed E-state index contributed by atoms with van der Waals surface area (Å²) in [5, 5.41) is 11.6. The Hall–Kier alpha value is -4.65. The standard InChI is InChI=1S/C29H32N4O8S/c1-8-31(9-2)28(35)24-16(3)30-29-32(25(24)20-15-19(38-4)10-11-21(20)39-5)27(34)23(42-29)13-17-12-18(33(36)37)14-22(40-6)26(17)41-7/h10-15,25H,8-9H2,1-7H3/b23-13-/t25-/m0/s1. The molecule has 0 aliphatic carbocycles. The highest BCUT2D eigenvalue weighted by molar-refractivity contribution is 7.07. The molecular weight excluding hydrogens is 564 g/mol. The van der Waals surface area contributed by atoms with Crippen molar-refractivity contribution in [2.75, 3.05) is 41.5 Å². The Balaban J connectivity index is 2.07. The number of ether oxygens (including phenoxy) is 4. The number of hydrogen-bond donors (Lipinski definition) is 0. The van der Waals surface area contributed by atoms with Gasteiger partial charge in [-0.2, -0.15) is 0 Å². The highest BCUT2D eigenvalue weighted by atomic mass is 32.1. The minimum absolute atomic E-state index is 0.146. The molecule has 1 atom stereocenters. The van der Waals surface area contributed by atoms with Crippen LogP contribution < -0.4 is 33.8 Å². The highest BCUT2D eigenvalue weighted by Crippen LogP contribution is 2.39. The molecule has 1 aliphatic heterocycles. The number of thiazole rings is 1. The summed E-state index contributed by atoms with van der Waals surface area (Å²) in [6.07, 6.45) is 1.50. The molecule has 0 spiro atoms. The number of amides is 1. The van der Waals surface area contributed by atoms with Crippen molar-refractivity contribution in [1.82, 2.24) is 9.47 Å². The second-order valence-corrected chi connectivity index (χ2v) is 10.2. The maximum Gasteiger partial charge on any atom is 0.274 e. The summed E-state index contributed by atoms with van der Waals surface area (Å²) in [7, 11) is 5.82. The molecule has 0 N–H and O–H groups in total.